The van der Waals surface area contributed by atoms with Gasteiger partial charge in [-0.2, -0.15) is 5.10 Å². The minimum Gasteiger partial charge on any atom is -0.309 e. The van der Waals surface area contributed by atoms with E-state index in [9.17, 15) is 0 Å². The highest BCUT2D eigenvalue weighted by Gasteiger charge is 2.30. The molecule has 1 unspecified atom stereocenters. The van der Waals surface area contributed by atoms with Crippen LogP contribution in [0.2, 0.25) is 0 Å². The maximum Gasteiger partial charge on any atom is 0.0967 e. The molecule has 1 aromatic heterocycles. The Balaban J connectivity index is 1.22. The lowest BCUT2D eigenvalue weighted by Crippen LogP contribution is -2.49. The molecule has 5 rings (SSSR count). The van der Waals surface area contributed by atoms with E-state index in [-0.39, 0.29) is 0 Å². The number of fused-ring (bicyclic) bond motifs is 1. The van der Waals surface area contributed by atoms with Gasteiger partial charge in [-0.3, -0.25) is 9.58 Å². The SMILES string of the molecule is Cn1cc(CNC2CCCN(C3Cc4ccccc4C3)C2)c(-c2ccccc2)n1. The maximum absolute atomic E-state index is 4.71. The molecule has 2 aromatic carbocycles. The number of hydrogen-bond acceptors (Lipinski definition) is 3. The topological polar surface area (TPSA) is 33.1 Å². The fourth-order valence-corrected chi connectivity index (χ4v) is 5.06. The molecule has 1 aliphatic heterocycles. The van der Waals surface area contributed by atoms with Gasteiger partial charge in [0.15, 0.2) is 0 Å². The second-order valence-electron chi connectivity index (χ2n) is 8.59. The van der Waals surface area contributed by atoms with Crippen molar-refractivity contribution in [3.63, 3.8) is 0 Å². The first-order chi connectivity index (χ1) is 14.3. The van der Waals surface area contributed by atoms with Crippen molar-refractivity contribution < 1.29 is 0 Å². The molecule has 0 spiro atoms. The largest absolute Gasteiger partial charge is 0.309 e. The molecule has 29 heavy (non-hydrogen) atoms. The number of likely N-dealkylation sites (tertiary alicyclic amines) is 1. The Bertz CT molecular complexity index is 937. The van der Waals surface area contributed by atoms with Crippen LogP contribution in [-0.2, 0) is 26.4 Å². The number of piperidine rings is 1. The van der Waals surface area contributed by atoms with Crippen LogP contribution in [0.1, 0.15) is 29.5 Å². The number of nitrogens with zero attached hydrogens (tertiary/aromatic N) is 3. The van der Waals surface area contributed by atoms with Crippen molar-refractivity contribution in [3.8, 4) is 11.3 Å². The zero-order valence-corrected chi connectivity index (χ0v) is 17.2. The van der Waals surface area contributed by atoms with Crippen molar-refractivity contribution in [2.24, 2.45) is 7.05 Å². The zero-order valence-electron chi connectivity index (χ0n) is 17.2. The van der Waals surface area contributed by atoms with Crippen molar-refractivity contribution >= 4 is 0 Å². The summed E-state index contributed by atoms with van der Waals surface area (Å²) in [5, 5.41) is 8.55. The van der Waals surface area contributed by atoms with Crippen LogP contribution < -0.4 is 5.32 Å². The molecule has 0 saturated carbocycles. The van der Waals surface area contributed by atoms with Crippen LogP contribution in [0.4, 0.5) is 0 Å². The van der Waals surface area contributed by atoms with Gasteiger partial charge in [0.2, 0.25) is 0 Å². The lowest BCUT2D eigenvalue weighted by molar-refractivity contribution is 0.140. The van der Waals surface area contributed by atoms with Gasteiger partial charge in [0.1, 0.15) is 0 Å². The molecule has 1 fully saturated rings. The number of aryl methyl sites for hydroxylation is 1. The first-order valence-corrected chi connectivity index (χ1v) is 10.9. The zero-order chi connectivity index (χ0) is 19.6. The molecule has 2 aliphatic rings. The summed E-state index contributed by atoms with van der Waals surface area (Å²) in [6, 6.07) is 20.7. The van der Waals surface area contributed by atoms with E-state index in [1.165, 1.54) is 43.4 Å². The number of aromatic nitrogens is 2. The van der Waals surface area contributed by atoms with E-state index < -0.39 is 0 Å². The van der Waals surface area contributed by atoms with Crippen LogP contribution in [-0.4, -0.2) is 39.9 Å². The molecule has 0 bridgehead atoms. The van der Waals surface area contributed by atoms with Crippen LogP contribution >= 0.6 is 0 Å². The van der Waals surface area contributed by atoms with E-state index in [1.54, 1.807) is 11.1 Å². The Morgan fingerprint density at radius 3 is 2.48 bits per heavy atom. The highest BCUT2D eigenvalue weighted by atomic mass is 15.3. The summed E-state index contributed by atoms with van der Waals surface area (Å²) in [5.41, 5.74) is 6.67. The van der Waals surface area contributed by atoms with Gasteiger partial charge in [0.05, 0.1) is 5.69 Å². The summed E-state index contributed by atoms with van der Waals surface area (Å²) in [7, 11) is 2.01. The standard InChI is InChI=1S/C25H30N4/c1-28-17-22(25(27-28)19-8-3-2-4-9-19)16-26-23-12-7-13-29(18-23)24-14-20-10-5-6-11-21(20)15-24/h2-6,8-11,17,23-24,26H,7,12-16,18H2,1H3. The van der Waals surface area contributed by atoms with E-state index in [4.69, 9.17) is 5.10 Å². The number of rotatable bonds is 5. The van der Waals surface area contributed by atoms with Crippen LogP contribution in [0.15, 0.2) is 60.8 Å². The minimum absolute atomic E-state index is 0.552. The average Bonchev–Trinajstić information content (AvgIpc) is 3.36. The Morgan fingerprint density at radius 2 is 1.72 bits per heavy atom. The lowest BCUT2D eigenvalue weighted by atomic mass is 10.0. The summed E-state index contributed by atoms with van der Waals surface area (Å²) in [4.78, 5) is 2.72. The summed E-state index contributed by atoms with van der Waals surface area (Å²) in [6.45, 7) is 3.26. The summed E-state index contributed by atoms with van der Waals surface area (Å²) in [5.74, 6) is 0. The third-order valence-corrected chi connectivity index (χ3v) is 6.53. The Labute approximate surface area is 173 Å². The van der Waals surface area contributed by atoms with Crippen molar-refractivity contribution in [2.45, 2.75) is 44.3 Å². The number of benzene rings is 2. The summed E-state index contributed by atoms with van der Waals surface area (Å²) in [6.07, 6.45) is 7.12. The van der Waals surface area contributed by atoms with Crippen LogP contribution in [0.5, 0.6) is 0 Å². The second kappa shape index (κ2) is 8.13. The molecule has 1 N–H and O–H groups in total. The van der Waals surface area contributed by atoms with E-state index >= 15 is 0 Å². The van der Waals surface area contributed by atoms with Gasteiger partial charge in [0, 0.05) is 49.5 Å². The van der Waals surface area contributed by atoms with Gasteiger partial charge in [-0.05, 0) is 43.4 Å². The summed E-state index contributed by atoms with van der Waals surface area (Å²) >= 11 is 0. The normalized spacial score (nSPS) is 20.1. The monoisotopic (exact) mass is 386 g/mol. The minimum atomic E-state index is 0.552. The molecule has 1 aliphatic carbocycles. The molecule has 150 valence electrons. The van der Waals surface area contributed by atoms with E-state index in [0.29, 0.717) is 12.1 Å². The van der Waals surface area contributed by atoms with Gasteiger partial charge in [-0.1, -0.05) is 54.6 Å². The third-order valence-electron chi connectivity index (χ3n) is 6.53. The quantitative estimate of drug-likeness (QED) is 0.724. The lowest BCUT2D eigenvalue weighted by Gasteiger charge is -2.37. The van der Waals surface area contributed by atoms with Gasteiger partial charge in [0.25, 0.3) is 0 Å². The molecule has 0 amide bonds. The number of hydrogen-bond donors (Lipinski definition) is 1. The highest BCUT2D eigenvalue weighted by molar-refractivity contribution is 5.62. The fraction of sp³-hybridized carbons (Fsp3) is 0.400. The maximum atomic E-state index is 4.71. The second-order valence-corrected chi connectivity index (χ2v) is 8.59. The predicted molar refractivity (Wildman–Crippen MR) is 118 cm³/mol. The van der Waals surface area contributed by atoms with E-state index in [1.807, 2.05) is 11.7 Å². The van der Waals surface area contributed by atoms with E-state index in [0.717, 1.165) is 18.8 Å². The first kappa shape index (κ1) is 18.6. The molecular weight excluding hydrogens is 356 g/mol. The van der Waals surface area contributed by atoms with Crippen LogP contribution in [0, 0.1) is 0 Å². The molecule has 0 radical (unpaired) electrons. The average molecular weight is 387 g/mol. The molecule has 4 heteroatoms. The molecule has 3 aromatic rings. The van der Waals surface area contributed by atoms with Crippen molar-refractivity contribution in [1.29, 1.82) is 0 Å². The highest BCUT2D eigenvalue weighted by Crippen LogP contribution is 2.28. The Kier molecular flexibility index (Phi) is 5.21. The van der Waals surface area contributed by atoms with Crippen LogP contribution in [0.25, 0.3) is 11.3 Å². The van der Waals surface area contributed by atoms with Crippen LogP contribution in [0.3, 0.4) is 0 Å². The first-order valence-electron chi connectivity index (χ1n) is 10.9. The molecule has 4 nitrogen and oxygen atoms in total. The third kappa shape index (κ3) is 4.00. The van der Waals surface area contributed by atoms with E-state index in [2.05, 4.69) is 71.0 Å². The van der Waals surface area contributed by atoms with Gasteiger partial charge in [-0.25, -0.2) is 0 Å². The van der Waals surface area contributed by atoms with Crippen molar-refractivity contribution in [3.05, 3.63) is 77.5 Å². The molecule has 2 heterocycles. The van der Waals surface area contributed by atoms with Gasteiger partial charge >= 0.3 is 0 Å². The predicted octanol–water partition coefficient (Wildman–Crippen LogP) is 3.81. The Hall–Kier alpha value is -2.43. The van der Waals surface area contributed by atoms with Crippen molar-refractivity contribution in [2.75, 3.05) is 13.1 Å². The molecule has 1 saturated heterocycles. The molecule has 1 atom stereocenters. The number of nitrogens with one attached hydrogen (secondary N) is 1. The smallest absolute Gasteiger partial charge is 0.0967 e. The fourth-order valence-electron chi connectivity index (χ4n) is 5.06. The van der Waals surface area contributed by atoms with Crippen molar-refractivity contribution in [1.82, 2.24) is 20.0 Å². The van der Waals surface area contributed by atoms with Gasteiger partial charge in [-0.15, -0.1) is 0 Å². The van der Waals surface area contributed by atoms with Gasteiger partial charge < -0.3 is 5.32 Å². The summed E-state index contributed by atoms with van der Waals surface area (Å²) < 4.78 is 1.93. The molecular formula is C25H30N4. The Morgan fingerprint density at radius 1 is 1.00 bits per heavy atom.